The zero-order chi connectivity index (χ0) is 16.4. The lowest BCUT2D eigenvalue weighted by Gasteiger charge is -2.14. The summed E-state index contributed by atoms with van der Waals surface area (Å²) < 4.78 is 10.2. The third-order valence-corrected chi connectivity index (χ3v) is 2.71. The van der Waals surface area contributed by atoms with E-state index in [4.69, 9.17) is 19.4 Å². The summed E-state index contributed by atoms with van der Waals surface area (Å²) in [6.07, 6.45) is 4.56. The molecule has 0 aromatic heterocycles. The first-order chi connectivity index (χ1) is 10.7. The summed E-state index contributed by atoms with van der Waals surface area (Å²) in [5, 5.41) is 9.23. The molecule has 0 saturated carbocycles. The molecular formula is C15H21NO6. The second-order valence-corrected chi connectivity index (χ2v) is 4.22. The van der Waals surface area contributed by atoms with Crippen LogP contribution in [0.4, 0.5) is 0 Å². The molecule has 1 aliphatic rings. The number of aliphatic hydroxyl groups is 1. The van der Waals surface area contributed by atoms with E-state index in [1.165, 1.54) is 6.08 Å². The molecule has 0 aromatic rings. The number of carbonyl (C=O) groups is 2. The molecule has 0 atom stereocenters. The van der Waals surface area contributed by atoms with Crippen LogP contribution in [-0.4, -0.2) is 61.6 Å². The molecule has 0 spiro atoms. The molecule has 0 bridgehead atoms. The number of aliphatic hydroxyl groups excluding tert-OH is 1. The van der Waals surface area contributed by atoms with Gasteiger partial charge in [0, 0.05) is 0 Å². The fourth-order valence-electron chi connectivity index (χ4n) is 1.76. The fraction of sp³-hybridized carbons (Fsp3) is 0.467. The monoisotopic (exact) mass is 311 g/mol. The Labute approximate surface area is 129 Å². The standard InChI is InChI=1S/C15H21NO6/c1-3-5-13-12(4-2)14(18)16(15(13)19)22-11-10-21-9-8-20-7-6-17/h3-5,17H,2,6-11H2,1H3/b5-3-. The quantitative estimate of drug-likeness (QED) is 0.438. The largest absolute Gasteiger partial charge is 0.394 e. The second-order valence-electron chi connectivity index (χ2n) is 4.22. The molecule has 7 nitrogen and oxygen atoms in total. The fourth-order valence-corrected chi connectivity index (χ4v) is 1.76. The van der Waals surface area contributed by atoms with Gasteiger partial charge in [0.1, 0.15) is 0 Å². The van der Waals surface area contributed by atoms with Crippen molar-refractivity contribution in [1.29, 1.82) is 0 Å². The predicted molar refractivity (Wildman–Crippen MR) is 78.6 cm³/mol. The van der Waals surface area contributed by atoms with Crippen molar-refractivity contribution in [2.45, 2.75) is 6.92 Å². The molecule has 0 unspecified atom stereocenters. The number of allylic oxidation sites excluding steroid dienone is 1. The molecule has 22 heavy (non-hydrogen) atoms. The highest BCUT2D eigenvalue weighted by atomic mass is 16.7. The van der Waals surface area contributed by atoms with Crippen molar-refractivity contribution >= 4 is 11.8 Å². The van der Waals surface area contributed by atoms with Crippen molar-refractivity contribution in [3.8, 4) is 0 Å². The number of hydrogen-bond donors (Lipinski definition) is 1. The first kappa shape index (κ1) is 18.2. The lowest BCUT2D eigenvalue weighted by atomic mass is 10.1. The smallest absolute Gasteiger partial charge is 0.285 e. The maximum atomic E-state index is 12.1. The van der Waals surface area contributed by atoms with Gasteiger partial charge < -0.3 is 14.6 Å². The van der Waals surface area contributed by atoms with Crippen LogP contribution in [0, 0.1) is 0 Å². The Morgan fingerprint density at radius 1 is 1.05 bits per heavy atom. The molecule has 122 valence electrons. The van der Waals surface area contributed by atoms with Gasteiger partial charge in [0.05, 0.1) is 50.8 Å². The van der Waals surface area contributed by atoms with Gasteiger partial charge in [-0.15, -0.1) is 5.06 Å². The van der Waals surface area contributed by atoms with Crippen LogP contribution in [0.1, 0.15) is 6.92 Å². The van der Waals surface area contributed by atoms with Crippen molar-refractivity contribution in [3.05, 3.63) is 36.0 Å². The first-order valence-electron chi connectivity index (χ1n) is 6.94. The van der Waals surface area contributed by atoms with Crippen LogP contribution in [0.15, 0.2) is 36.0 Å². The highest BCUT2D eigenvalue weighted by Gasteiger charge is 2.36. The van der Waals surface area contributed by atoms with Gasteiger partial charge in [-0.05, 0) is 6.92 Å². The molecule has 0 saturated heterocycles. The average molecular weight is 311 g/mol. The number of hydroxylamine groups is 2. The van der Waals surface area contributed by atoms with E-state index >= 15 is 0 Å². The number of hydrogen-bond acceptors (Lipinski definition) is 6. The van der Waals surface area contributed by atoms with Crippen molar-refractivity contribution in [3.63, 3.8) is 0 Å². The highest BCUT2D eigenvalue weighted by Crippen LogP contribution is 2.22. The van der Waals surface area contributed by atoms with Crippen molar-refractivity contribution < 1.29 is 29.0 Å². The summed E-state index contributed by atoms with van der Waals surface area (Å²) in [6.45, 7) is 6.49. The number of imide groups is 1. The Balaban J connectivity index is 2.35. The highest BCUT2D eigenvalue weighted by molar-refractivity contribution is 6.21. The topological polar surface area (TPSA) is 85.3 Å². The summed E-state index contributed by atoms with van der Waals surface area (Å²) >= 11 is 0. The summed E-state index contributed by atoms with van der Waals surface area (Å²) in [5.74, 6) is -1.04. The zero-order valence-electron chi connectivity index (χ0n) is 12.6. The van der Waals surface area contributed by atoms with Gasteiger partial charge in [0.15, 0.2) is 0 Å². The van der Waals surface area contributed by atoms with Crippen molar-refractivity contribution in [2.75, 3.05) is 39.6 Å². The Kier molecular flexibility index (Phi) is 8.31. The Hall–Kier alpha value is -1.80. The van der Waals surface area contributed by atoms with Gasteiger partial charge in [0.25, 0.3) is 11.8 Å². The third-order valence-electron chi connectivity index (χ3n) is 2.71. The summed E-state index contributed by atoms with van der Waals surface area (Å²) in [6, 6.07) is 0. The maximum absolute atomic E-state index is 12.1. The normalized spacial score (nSPS) is 15.5. The third kappa shape index (κ3) is 4.88. The minimum absolute atomic E-state index is 0.0323. The average Bonchev–Trinajstić information content (AvgIpc) is 2.74. The van der Waals surface area contributed by atoms with Gasteiger partial charge in [-0.3, -0.25) is 14.4 Å². The molecule has 0 radical (unpaired) electrons. The van der Waals surface area contributed by atoms with Gasteiger partial charge >= 0.3 is 0 Å². The summed E-state index contributed by atoms with van der Waals surface area (Å²) in [4.78, 5) is 29.2. The minimum Gasteiger partial charge on any atom is -0.394 e. The Morgan fingerprint density at radius 3 is 2.23 bits per heavy atom. The molecule has 0 aromatic carbocycles. The zero-order valence-corrected chi connectivity index (χ0v) is 12.6. The lowest BCUT2D eigenvalue weighted by molar-refractivity contribution is -0.189. The molecule has 2 amide bonds. The molecular weight excluding hydrogens is 290 g/mol. The van der Waals surface area contributed by atoms with Crippen LogP contribution in [0.5, 0.6) is 0 Å². The SMILES string of the molecule is C=CC1=C(/C=C\C)C(=O)N(OCCOCCOCCO)C1=O. The van der Waals surface area contributed by atoms with E-state index in [1.807, 2.05) is 0 Å². The minimum atomic E-state index is -0.528. The second kappa shape index (κ2) is 10.0. The van der Waals surface area contributed by atoms with Crippen LogP contribution >= 0.6 is 0 Å². The van der Waals surface area contributed by atoms with Crippen LogP contribution in [0.2, 0.25) is 0 Å². The molecule has 1 heterocycles. The van der Waals surface area contributed by atoms with E-state index in [-0.39, 0.29) is 37.6 Å². The maximum Gasteiger partial charge on any atom is 0.285 e. The Morgan fingerprint density at radius 2 is 1.64 bits per heavy atom. The van der Waals surface area contributed by atoms with E-state index in [9.17, 15) is 9.59 Å². The van der Waals surface area contributed by atoms with E-state index in [1.54, 1.807) is 19.1 Å². The summed E-state index contributed by atoms with van der Waals surface area (Å²) in [7, 11) is 0. The van der Waals surface area contributed by atoms with E-state index < -0.39 is 11.8 Å². The van der Waals surface area contributed by atoms with Crippen molar-refractivity contribution in [2.24, 2.45) is 0 Å². The Bertz CT molecular complexity index is 469. The molecule has 1 N–H and O–H groups in total. The van der Waals surface area contributed by atoms with E-state index in [0.717, 1.165) is 5.06 Å². The van der Waals surface area contributed by atoms with Gasteiger partial charge in [-0.1, -0.05) is 24.8 Å². The molecule has 0 aliphatic carbocycles. The number of rotatable bonds is 11. The van der Waals surface area contributed by atoms with Gasteiger partial charge in [-0.2, -0.15) is 0 Å². The number of carbonyl (C=O) groups excluding carboxylic acids is 2. The van der Waals surface area contributed by atoms with Gasteiger partial charge in [0.2, 0.25) is 0 Å². The van der Waals surface area contributed by atoms with Crippen LogP contribution in [-0.2, 0) is 23.9 Å². The molecule has 1 rings (SSSR count). The molecule has 1 aliphatic heterocycles. The number of amides is 2. The van der Waals surface area contributed by atoms with Gasteiger partial charge in [-0.25, -0.2) is 0 Å². The first-order valence-corrected chi connectivity index (χ1v) is 6.94. The van der Waals surface area contributed by atoms with Crippen molar-refractivity contribution in [1.82, 2.24) is 5.06 Å². The van der Waals surface area contributed by atoms with E-state index in [0.29, 0.717) is 13.2 Å². The van der Waals surface area contributed by atoms with Crippen LogP contribution in [0.25, 0.3) is 0 Å². The lowest BCUT2D eigenvalue weighted by Crippen LogP contribution is -2.33. The van der Waals surface area contributed by atoms with E-state index in [2.05, 4.69) is 6.58 Å². The molecule has 7 heteroatoms. The van der Waals surface area contributed by atoms with Crippen LogP contribution < -0.4 is 0 Å². The summed E-state index contributed by atoms with van der Waals surface area (Å²) in [5.41, 5.74) is 0.488. The predicted octanol–water partition coefficient (Wildman–Crippen LogP) is 0.371. The number of ether oxygens (including phenoxy) is 2. The van der Waals surface area contributed by atoms with Crippen LogP contribution in [0.3, 0.4) is 0 Å². The molecule has 0 fully saturated rings. The number of nitrogens with zero attached hydrogens (tertiary/aromatic N) is 1.